The van der Waals surface area contributed by atoms with Crippen molar-refractivity contribution in [1.82, 2.24) is 9.97 Å². The highest BCUT2D eigenvalue weighted by Crippen LogP contribution is 2.32. The molecule has 132 valence electrons. The highest BCUT2D eigenvalue weighted by molar-refractivity contribution is 7.14. The van der Waals surface area contributed by atoms with E-state index in [1.165, 1.54) is 11.3 Å². The molecule has 1 amide bonds. The second-order valence-electron chi connectivity index (χ2n) is 6.07. The van der Waals surface area contributed by atoms with Gasteiger partial charge in [0.2, 0.25) is 11.8 Å². The Bertz CT molecular complexity index is 902. The number of benzene rings is 1. The molecule has 26 heavy (non-hydrogen) atoms. The van der Waals surface area contributed by atoms with Gasteiger partial charge >= 0.3 is 0 Å². The van der Waals surface area contributed by atoms with Gasteiger partial charge in [-0.2, -0.15) is 0 Å². The fourth-order valence-corrected chi connectivity index (χ4v) is 3.29. The maximum Gasteiger partial charge on any atom is 0.229 e. The highest BCUT2D eigenvalue weighted by Gasteiger charge is 2.30. The maximum absolute atomic E-state index is 11.8. The second-order valence-corrected chi connectivity index (χ2v) is 6.93. The quantitative estimate of drug-likeness (QED) is 0.652. The van der Waals surface area contributed by atoms with Gasteiger partial charge < -0.3 is 10.1 Å². The van der Waals surface area contributed by atoms with Gasteiger partial charge in [-0.3, -0.25) is 10.5 Å². The van der Waals surface area contributed by atoms with Crippen molar-refractivity contribution < 1.29 is 9.53 Å². The van der Waals surface area contributed by atoms with Crippen LogP contribution in [0, 0.1) is 5.92 Å². The summed E-state index contributed by atoms with van der Waals surface area (Å²) in [6, 6.07) is 11.8. The summed E-state index contributed by atoms with van der Waals surface area (Å²) in [4.78, 5) is 20.6. The van der Waals surface area contributed by atoms with Crippen molar-refractivity contribution in [3.8, 4) is 28.3 Å². The first-order valence-corrected chi connectivity index (χ1v) is 9.27. The number of aromatic nitrogens is 2. The molecule has 2 heterocycles. The highest BCUT2D eigenvalue weighted by atomic mass is 32.1. The van der Waals surface area contributed by atoms with Gasteiger partial charge in [0, 0.05) is 34.7 Å². The summed E-state index contributed by atoms with van der Waals surface area (Å²) in [7, 11) is 0. The number of carbonyl (C=O) groups excluding carboxylic acids is 1. The molecule has 2 aromatic heterocycles. The topological polar surface area (TPSA) is 90.1 Å². The summed E-state index contributed by atoms with van der Waals surface area (Å²) >= 11 is 1.45. The van der Waals surface area contributed by atoms with Gasteiger partial charge in [-0.15, -0.1) is 11.3 Å². The summed E-state index contributed by atoms with van der Waals surface area (Å²) in [6.07, 6.45) is 3.73. The van der Waals surface area contributed by atoms with Crippen molar-refractivity contribution in [2.75, 3.05) is 12.0 Å². The molecular formula is C19H18N4O2S. The van der Waals surface area contributed by atoms with Crippen LogP contribution in [-0.4, -0.2) is 22.6 Å². The van der Waals surface area contributed by atoms with Crippen LogP contribution in [0.5, 0.6) is 5.88 Å². The Kier molecular flexibility index (Phi) is 4.64. The molecule has 0 atom stereocenters. The summed E-state index contributed by atoms with van der Waals surface area (Å²) in [5.74, 6) is 0.767. The first kappa shape index (κ1) is 16.7. The van der Waals surface area contributed by atoms with Gasteiger partial charge in [-0.1, -0.05) is 24.3 Å². The fourth-order valence-electron chi connectivity index (χ4n) is 2.57. The number of nitrogens with two attached hydrogens (primary N) is 1. The maximum atomic E-state index is 11.8. The zero-order valence-electron chi connectivity index (χ0n) is 14.0. The Morgan fingerprint density at radius 2 is 1.88 bits per heavy atom. The minimum absolute atomic E-state index is 0.0795. The van der Waals surface area contributed by atoms with Crippen molar-refractivity contribution in [2.45, 2.75) is 12.8 Å². The summed E-state index contributed by atoms with van der Waals surface area (Å²) in [6.45, 7) is 0.109. The van der Waals surface area contributed by atoms with Crippen molar-refractivity contribution in [3.63, 3.8) is 0 Å². The van der Waals surface area contributed by atoms with E-state index in [4.69, 9.17) is 10.5 Å². The van der Waals surface area contributed by atoms with Gasteiger partial charge in [0.1, 0.15) is 6.73 Å². The van der Waals surface area contributed by atoms with E-state index < -0.39 is 0 Å². The van der Waals surface area contributed by atoms with Gasteiger partial charge in [0.05, 0.1) is 5.69 Å². The number of nitrogens with zero attached hydrogens (tertiary/aromatic N) is 2. The predicted octanol–water partition coefficient (Wildman–Crippen LogP) is 3.52. The molecule has 0 bridgehead atoms. The SMILES string of the molecule is NCOc1ccc(-c2ccc(-c3csc(NC(=O)C4CC4)n3)cc2)cn1. The second kappa shape index (κ2) is 7.23. The third-order valence-corrected chi connectivity index (χ3v) is 4.92. The molecule has 1 fully saturated rings. The number of ether oxygens (including phenoxy) is 1. The number of pyridine rings is 1. The van der Waals surface area contributed by atoms with Crippen molar-refractivity contribution in [2.24, 2.45) is 11.7 Å². The lowest BCUT2D eigenvalue weighted by Crippen LogP contribution is -2.12. The molecule has 1 aliphatic rings. The van der Waals surface area contributed by atoms with Crippen molar-refractivity contribution in [1.29, 1.82) is 0 Å². The van der Waals surface area contributed by atoms with Crippen LogP contribution in [0.3, 0.4) is 0 Å². The van der Waals surface area contributed by atoms with Gasteiger partial charge in [0.15, 0.2) is 5.13 Å². The van der Waals surface area contributed by atoms with Crippen molar-refractivity contribution in [3.05, 3.63) is 48.0 Å². The first-order chi connectivity index (χ1) is 12.7. The van der Waals surface area contributed by atoms with E-state index in [0.717, 1.165) is 35.2 Å². The molecular weight excluding hydrogens is 348 g/mol. The van der Waals surface area contributed by atoms with Crippen LogP contribution in [0.2, 0.25) is 0 Å². The smallest absolute Gasteiger partial charge is 0.229 e. The first-order valence-electron chi connectivity index (χ1n) is 8.39. The largest absolute Gasteiger partial charge is 0.462 e. The molecule has 0 aliphatic heterocycles. The van der Waals surface area contributed by atoms with Crippen LogP contribution >= 0.6 is 11.3 Å². The standard InChI is InChI=1S/C19H18N4O2S/c20-11-25-17-8-7-15(9-21-17)12-1-3-13(4-2-12)16-10-26-19(22-16)23-18(24)14-5-6-14/h1-4,7-10,14H,5-6,11,20H2,(H,22,23,24). The van der Waals surface area contributed by atoms with E-state index in [1.54, 1.807) is 12.3 Å². The molecule has 0 unspecified atom stereocenters. The van der Waals surface area contributed by atoms with Crippen LogP contribution in [0.4, 0.5) is 5.13 Å². The summed E-state index contributed by atoms with van der Waals surface area (Å²) in [5, 5.41) is 5.50. The number of hydrogen-bond donors (Lipinski definition) is 2. The van der Waals surface area contributed by atoms with E-state index >= 15 is 0 Å². The van der Waals surface area contributed by atoms with E-state index in [-0.39, 0.29) is 18.6 Å². The Labute approximate surface area is 155 Å². The van der Waals surface area contributed by atoms with Crippen LogP contribution in [0.15, 0.2) is 48.0 Å². The molecule has 3 aromatic rings. The third kappa shape index (κ3) is 3.74. The normalized spacial score (nSPS) is 13.4. The number of nitrogens with one attached hydrogen (secondary N) is 1. The number of anilines is 1. The van der Waals surface area contributed by atoms with E-state index in [2.05, 4.69) is 15.3 Å². The summed E-state index contributed by atoms with van der Waals surface area (Å²) < 4.78 is 5.15. The predicted molar refractivity (Wildman–Crippen MR) is 102 cm³/mol. The van der Waals surface area contributed by atoms with Crippen molar-refractivity contribution >= 4 is 22.4 Å². The van der Waals surface area contributed by atoms with Crippen LogP contribution in [0.25, 0.3) is 22.4 Å². The zero-order chi connectivity index (χ0) is 17.9. The minimum Gasteiger partial charge on any atom is -0.462 e. The average molecular weight is 366 g/mol. The molecule has 4 rings (SSSR count). The molecule has 1 aliphatic carbocycles. The fraction of sp³-hybridized carbons (Fsp3) is 0.211. The van der Waals surface area contributed by atoms with E-state index in [1.807, 2.05) is 35.7 Å². The molecule has 0 radical (unpaired) electrons. The number of hydrogen-bond acceptors (Lipinski definition) is 6. The van der Waals surface area contributed by atoms with Crippen LogP contribution in [0.1, 0.15) is 12.8 Å². The van der Waals surface area contributed by atoms with E-state index in [0.29, 0.717) is 11.0 Å². The Hall–Kier alpha value is -2.77. The van der Waals surface area contributed by atoms with E-state index in [9.17, 15) is 4.79 Å². The number of thiazole rings is 1. The molecule has 1 saturated carbocycles. The molecule has 0 saturated heterocycles. The van der Waals surface area contributed by atoms with Gasteiger partial charge in [-0.25, -0.2) is 9.97 Å². The molecule has 3 N–H and O–H groups in total. The zero-order valence-corrected chi connectivity index (χ0v) is 14.8. The van der Waals surface area contributed by atoms with Crippen LogP contribution in [-0.2, 0) is 4.79 Å². The van der Waals surface area contributed by atoms with Gasteiger partial charge in [-0.05, 0) is 24.5 Å². The summed E-state index contributed by atoms with van der Waals surface area (Å²) in [5.41, 5.74) is 9.25. The van der Waals surface area contributed by atoms with Crippen LogP contribution < -0.4 is 15.8 Å². The number of carbonyl (C=O) groups is 1. The lowest BCUT2D eigenvalue weighted by Gasteiger charge is -2.05. The molecule has 0 spiro atoms. The monoisotopic (exact) mass is 366 g/mol. The molecule has 1 aromatic carbocycles. The molecule has 6 nitrogen and oxygen atoms in total. The Balaban J connectivity index is 1.47. The Morgan fingerprint density at radius 3 is 2.54 bits per heavy atom. The number of amides is 1. The molecule has 7 heteroatoms. The van der Waals surface area contributed by atoms with Gasteiger partial charge in [0.25, 0.3) is 0 Å². The average Bonchev–Trinajstić information content (AvgIpc) is 3.43. The lowest BCUT2D eigenvalue weighted by atomic mass is 10.0. The third-order valence-electron chi connectivity index (χ3n) is 4.16. The minimum atomic E-state index is 0.0795. The lowest BCUT2D eigenvalue weighted by molar-refractivity contribution is -0.117. The Morgan fingerprint density at radius 1 is 1.15 bits per heavy atom. The number of rotatable bonds is 6.